The summed E-state index contributed by atoms with van der Waals surface area (Å²) in [7, 11) is 0. The lowest BCUT2D eigenvalue weighted by molar-refractivity contribution is 0.528. The number of halogens is 1. The van der Waals surface area contributed by atoms with Crippen LogP contribution in [0.4, 0.5) is 0 Å². The highest BCUT2D eigenvalue weighted by Gasteiger charge is 2.12. The standard InChI is InChI=1S/C17H21BrN2/c1-3-6-20-17(10-14-5-4-7-19-12-14)15-8-13(2)9-16(18)11-15/h4-5,7-9,11-12,17,20H,3,6,10H2,1-2H3. The van der Waals surface area contributed by atoms with Crippen LogP contribution in [-0.4, -0.2) is 11.5 Å². The first-order chi connectivity index (χ1) is 9.69. The van der Waals surface area contributed by atoms with Crippen LogP contribution in [0.15, 0.2) is 47.2 Å². The Kier molecular flexibility index (Phi) is 5.74. The Hall–Kier alpha value is -1.19. The van der Waals surface area contributed by atoms with Crippen LogP contribution in [0.25, 0.3) is 0 Å². The quantitative estimate of drug-likeness (QED) is 0.846. The van der Waals surface area contributed by atoms with Crippen LogP contribution in [0.1, 0.15) is 36.1 Å². The lowest BCUT2D eigenvalue weighted by Crippen LogP contribution is -2.24. The maximum atomic E-state index is 4.21. The first-order valence-electron chi connectivity index (χ1n) is 7.08. The highest BCUT2D eigenvalue weighted by Crippen LogP contribution is 2.23. The van der Waals surface area contributed by atoms with Crippen LogP contribution in [0.2, 0.25) is 0 Å². The Morgan fingerprint density at radius 2 is 2.15 bits per heavy atom. The fourth-order valence-electron chi connectivity index (χ4n) is 2.35. The van der Waals surface area contributed by atoms with E-state index in [9.17, 15) is 0 Å². The van der Waals surface area contributed by atoms with Crippen molar-refractivity contribution < 1.29 is 0 Å². The Morgan fingerprint density at radius 1 is 1.30 bits per heavy atom. The molecule has 0 aliphatic heterocycles. The molecule has 20 heavy (non-hydrogen) atoms. The second-order valence-electron chi connectivity index (χ2n) is 5.13. The van der Waals surface area contributed by atoms with E-state index in [4.69, 9.17) is 0 Å². The fourth-order valence-corrected chi connectivity index (χ4v) is 2.97. The monoisotopic (exact) mass is 332 g/mol. The van der Waals surface area contributed by atoms with Crippen LogP contribution in [0.3, 0.4) is 0 Å². The Labute approximate surface area is 129 Å². The van der Waals surface area contributed by atoms with Gasteiger partial charge in [-0.05, 0) is 61.2 Å². The average Bonchev–Trinajstić information content (AvgIpc) is 2.43. The first kappa shape index (κ1) is 15.2. The molecule has 0 fully saturated rings. The maximum absolute atomic E-state index is 4.21. The SMILES string of the molecule is CCCNC(Cc1cccnc1)c1cc(C)cc(Br)c1. The predicted octanol–water partition coefficient (Wildman–Crippen LogP) is 4.44. The van der Waals surface area contributed by atoms with Gasteiger partial charge in [0.05, 0.1) is 0 Å². The summed E-state index contributed by atoms with van der Waals surface area (Å²) < 4.78 is 1.14. The van der Waals surface area contributed by atoms with Crippen molar-refractivity contribution in [1.82, 2.24) is 10.3 Å². The summed E-state index contributed by atoms with van der Waals surface area (Å²) in [5.74, 6) is 0. The molecule has 1 N–H and O–H groups in total. The van der Waals surface area contributed by atoms with E-state index in [-0.39, 0.29) is 0 Å². The van der Waals surface area contributed by atoms with E-state index in [1.807, 2.05) is 18.5 Å². The summed E-state index contributed by atoms with van der Waals surface area (Å²) in [6, 6.07) is 11.1. The van der Waals surface area contributed by atoms with Crippen molar-refractivity contribution in [3.05, 3.63) is 63.9 Å². The largest absolute Gasteiger partial charge is 0.310 e. The molecular weight excluding hydrogens is 312 g/mol. The van der Waals surface area contributed by atoms with E-state index in [1.54, 1.807) is 0 Å². The zero-order chi connectivity index (χ0) is 14.4. The molecule has 1 aromatic carbocycles. The van der Waals surface area contributed by atoms with Gasteiger partial charge in [0.2, 0.25) is 0 Å². The van der Waals surface area contributed by atoms with Gasteiger partial charge in [-0.1, -0.05) is 35.0 Å². The minimum absolute atomic E-state index is 0.329. The maximum Gasteiger partial charge on any atom is 0.0361 e. The highest BCUT2D eigenvalue weighted by molar-refractivity contribution is 9.10. The second kappa shape index (κ2) is 7.55. The molecule has 1 aromatic heterocycles. The zero-order valence-electron chi connectivity index (χ0n) is 12.1. The van der Waals surface area contributed by atoms with Crippen LogP contribution >= 0.6 is 15.9 Å². The molecule has 1 unspecified atom stereocenters. The van der Waals surface area contributed by atoms with Crippen LogP contribution in [0.5, 0.6) is 0 Å². The van der Waals surface area contributed by atoms with Crippen molar-refractivity contribution in [3.63, 3.8) is 0 Å². The number of nitrogens with zero attached hydrogens (tertiary/aromatic N) is 1. The summed E-state index contributed by atoms with van der Waals surface area (Å²) in [6.45, 7) is 5.35. The summed E-state index contributed by atoms with van der Waals surface area (Å²) in [5, 5.41) is 3.64. The molecule has 0 radical (unpaired) electrons. The van der Waals surface area contributed by atoms with Crippen molar-refractivity contribution in [2.75, 3.05) is 6.54 Å². The molecule has 0 amide bonds. The number of pyridine rings is 1. The highest BCUT2D eigenvalue weighted by atomic mass is 79.9. The molecule has 0 bridgehead atoms. The second-order valence-corrected chi connectivity index (χ2v) is 6.05. The fraction of sp³-hybridized carbons (Fsp3) is 0.353. The molecule has 0 saturated heterocycles. The number of aromatic nitrogens is 1. The minimum Gasteiger partial charge on any atom is -0.310 e. The first-order valence-corrected chi connectivity index (χ1v) is 7.87. The molecule has 106 valence electrons. The Balaban J connectivity index is 2.22. The van der Waals surface area contributed by atoms with Crippen LogP contribution in [0, 0.1) is 6.92 Å². The average molecular weight is 333 g/mol. The Morgan fingerprint density at radius 3 is 2.80 bits per heavy atom. The van der Waals surface area contributed by atoms with Gasteiger partial charge in [0.1, 0.15) is 0 Å². The molecule has 3 heteroatoms. The van der Waals surface area contributed by atoms with Gasteiger partial charge >= 0.3 is 0 Å². The van der Waals surface area contributed by atoms with E-state index in [0.717, 1.165) is 23.9 Å². The number of hydrogen-bond acceptors (Lipinski definition) is 2. The molecule has 1 atom stereocenters. The molecule has 0 aliphatic carbocycles. The van der Waals surface area contributed by atoms with Crippen molar-refractivity contribution in [2.45, 2.75) is 32.7 Å². The van der Waals surface area contributed by atoms with Crippen LogP contribution < -0.4 is 5.32 Å². The Bertz CT molecular complexity index is 520. The van der Waals surface area contributed by atoms with Gasteiger partial charge < -0.3 is 5.32 Å². The van der Waals surface area contributed by atoms with Gasteiger partial charge in [-0.3, -0.25) is 4.98 Å². The van der Waals surface area contributed by atoms with Crippen molar-refractivity contribution in [1.29, 1.82) is 0 Å². The molecule has 0 spiro atoms. The molecular formula is C17H21BrN2. The van der Waals surface area contributed by atoms with E-state index in [0.29, 0.717) is 6.04 Å². The van der Waals surface area contributed by atoms with Gasteiger partial charge in [0.15, 0.2) is 0 Å². The lowest BCUT2D eigenvalue weighted by Gasteiger charge is -2.20. The van der Waals surface area contributed by atoms with Gasteiger partial charge in [-0.15, -0.1) is 0 Å². The predicted molar refractivity (Wildman–Crippen MR) is 87.9 cm³/mol. The molecule has 1 heterocycles. The summed E-state index contributed by atoms with van der Waals surface area (Å²) in [4.78, 5) is 4.21. The van der Waals surface area contributed by atoms with E-state index >= 15 is 0 Å². The molecule has 0 aliphatic rings. The van der Waals surface area contributed by atoms with Gasteiger partial charge in [0, 0.05) is 22.9 Å². The number of rotatable bonds is 6. The van der Waals surface area contributed by atoms with Crippen molar-refractivity contribution >= 4 is 15.9 Å². The van der Waals surface area contributed by atoms with E-state index < -0.39 is 0 Å². The normalized spacial score (nSPS) is 12.3. The topological polar surface area (TPSA) is 24.9 Å². The lowest BCUT2D eigenvalue weighted by atomic mass is 9.98. The third kappa shape index (κ3) is 4.43. The molecule has 2 aromatic rings. The number of hydrogen-bond donors (Lipinski definition) is 1. The van der Waals surface area contributed by atoms with Gasteiger partial charge in [0.25, 0.3) is 0 Å². The summed E-state index contributed by atoms with van der Waals surface area (Å²) >= 11 is 3.59. The van der Waals surface area contributed by atoms with E-state index in [1.165, 1.54) is 16.7 Å². The molecule has 2 nitrogen and oxygen atoms in total. The van der Waals surface area contributed by atoms with E-state index in [2.05, 4.69) is 64.3 Å². The third-order valence-electron chi connectivity index (χ3n) is 3.27. The van der Waals surface area contributed by atoms with Crippen LogP contribution in [-0.2, 0) is 6.42 Å². The zero-order valence-corrected chi connectivity index (χ0v) is 13.7. The number of benzene rings is 1. The molecule has 2 rings (SSSR count). The van der Waals surface area contributed by atoms with Gasteiger partial charge in [-0.25, -0.2) is 0 Å². The van der Waals surface area contributed by atoms with Gasteiger partial charge in [-0.2, -0.15) is 0 Å². The molecule has 0 saturated carbocycles. The van der Waals surface area contributed by atoms with Crippen molar-refractivity contribution in [2.24, 2.45) is 0 Å². The van der Waals surface area contributed by atoms with Crippen molar-refractivity contribution in [3.8, 4) is 0 Å². The summed E-state index contributed by atoms with van der Waals surface area (Å²) in [5.41, 5.74) is 3.87. The number of aryl methyl sites for hydroxylation is 1. The minimum atomic E-state index is 0.329. The smallest absolute Gasteiger partial charge is 0.0361 e. The third-order valence-corrected chi connectivity index (χ3v) is 3.73. The summed E-state index contributed by atoms with van der Waals surface area (Å²) in [6.07, 6.45) is 5.87. The number of nitrogens with one attached hydrogen (secondary N) is 1.